The number of carbonyl (C=O) groups excluding carboxylic acids is 2. The van der Waals surface area contributed by atoms with Gasteiger partial charge in [0.05, 0.1) is 17.7 Å². The van der Waals surface area contributed by atoms with Gasteiger partial charge in [-0.1, -0.05) is 49.6 Å². The van der Waals surface area contributed by atoms with Crippen molar-refractivity contribution in [1.82, 2.24) is 10.6 Å². The fraction of sp³-hybridized carbons (Fsp3) is 0.556. The molecule has 0 aromatic heterocycles. The Kier molecular flexibility index (Phi) is 6.34. The quantitative estimate of drug-likeness (QED) is 0.605. The summed E-state index contributed by atoms with van der Waals surface area (Å²) in [5, 5.41) is 25.5. The molecule has 6 nitrogen and oxygen atoms in total. The van der Waals surface area contributed by atoms with Crippen LogP contribution in [0.25, 0.3) is 0 Å². The number of aliphatic hydroxyl groups is 2. The largest absolute Gasteiger partial charge is 0.388 e. The molecule has 0 saturated heterocycles. The topological polar surface area (TPSA) is 98.7 Å². The zero-order valence-corrected chi connectivity index (χ0v) is 14.0. The predicted molar refractivity (Wildman–Crippen MR) is 90.1 cm³/mol. The molecule has 1 aromatic carbocycles. The van der Waals surface area contributed by atoms with Crippen molar-refractivity contribution in [3.05, 3.63) is 35.9 Å². The molecule has 2 unspecified atom stereocenters. The van der Waals surface area contributed by atoms with Gasteiger partial charge < -0.3 is 20.8 Å². The molecule has 2 amide bonds. The lowest BCUT2D eigenvalue weighted by molar-refractivity contribution is -0.140. The third kappa shape index (κ3) is 5.04. The van der Waals surface area contributed by atoms with E-state index in [1.54, 1.807) is 31.2 Å². The van der Waals surface area contributed by atoms with Crippen LogP contribution >= 0.6 is 0 Å². The van der Waals surface area contributed by atoms with E-state index in [1.165, 1.54) is 0 Å². The fourth-order valence-corrected chi connectivity index (χ4v) is 3.00. The summed E-state index contributed by atoms with van der Waals surface area (Å²) in [6.07, 6.45) is 3.32. The van der Waals surface area contributed by atoms with Crippen LogP contribution in [-0.2, 0) is 9.59 Å². The van der Waals surface area contributed by atoms with Gasteiger partial charge in [-0.05, 0) is 25.3 Å². The van der Waals surface area contributed by atoms with Crippen molar-refractivity contribution in [2.45, 2.75) is 56.8 Å². The van der Waals surface area contributed by atoms with Crippen molar-refractivity contribution in [3.8, 4) is 0 Å². The molecule has 2 rings (SSSR count). The third-order valence-corrected chi connectivity index (χ3v) is 4.54. The number of rotatable bonds is 5. The second kappa shape index (κ2) is 8.26. The molecule has 24 heavy (non-hydrogen) atoms. The lowest BCUT2D eigenvalue weighted by Crippen LogP contribution is -2.50. The van der Waals surface area contributed by atoms with Crippen LogP contribution in [-0.4, -0.2) is 40.2 Å². The van der Waals surface area contributed by atoms with Gasteiger partial charge in [0, 0.05) is 6.54 Å². The molecule has 0 heterocycles. The molecule has 1 aliphatic carbocycles. The van der Waals surface area contributed by atoms with Crippen molar-refractivity contribution in [1.29, 1.82) is 0 Å². The van der Waals surface area contributed by atoms with E-state index >= 15 is 0 Å². The minimum absolute atomic E-state index is 0.0782. The molecular formula is C18H26N2O4. The molecule has 1 saturated carbocycles. The smallest absolute Gasteiger partial charge is 0.309 e. The summed E-state index contributed by atoms with van der Waals surface area (Å²) in [6.45, 7) is 1.71. The van der Waals surface area contributed by atoms with Gasteiger partial charge >= 0.3 is 11.8 Å². The maximum absolute atomic E-state index is 12.0. The predicted octanol–water partition coefficient (Wildman–Crippen LogP) is 1.04. The molecule has 6 heteroatoms. The first kappa shape index (κ1) is 18.4. The summed E-state index contributed by atoms with van der Waals surface area (Å²) in [6, 6.07) is 8.33. The van der Waals surface area contributed by atoms with Crippen LogP contribution in [0.2, 0.25) is 0 Å². The van der Waals surface area contributed by atoms with E-state index in [-0.39, 0.29) is 6.54 Å². The van der Waals surface area contributed by atoms with Gasteiger partial charge in [-0.15, -0.1) is 0 Å². The van der Waals surface area contributed by atoms with Crippen molar-refractivity contribution in [3.63, 3.8) is 0 Å². The Labute approximate surface area is 142 Å². The third-order valence-electron chi connectivity index (χ3n) is 4.54. The Balaban J connectivity index is 1.81. The Hall–Kier alpha value is -1.92. The molecule has 1 aromatic rings. The van der Waals surface area contributed by atoms with Gasteiger partial charge in [0.15, 0.2) is 0 Å². The maximum atomic E-state index is 12.0. The van der Waals surface area contributed by atoms with E-state index in [2.05, 4.69) is 10.6 Å². The zero-order valence-electron chi connectivity index (χ0n) is 14.0. The summed E-state index contributed by atoms with van der Waals surface area (Å²) in [5.41, 5.74) is -0.245. The van der Waals surface area contributed by atoms with Crippen LogP contribution in [0.15, 0.2) is 30.3 Å². The van der Waals surface area contributed by atoms with Gasteiger partial charge in [0.1, 0.15) is 0 Å². The van der Waals surface area contributed by atoms with Crippen molar-refractivity contribution >= 4 is 11.8 Å². The van der Waals surface area contributed by atoms with Gasteiger partial charge in [0.2, 0.25) is 0 Å². The molecular weight excluding hydrogens is 308 g/mol. The molecule has 0 radical (unpaired) electrons. The van der Waals surface area contributed by atoms with Crippen molar-refractivity contribution in [2.24, 2.45) is 0 Å². The minimum atomic E-state index is -0.913. The van der Waals surface area contributed by atoms with Gasteiger partial charge in [-0.2, -0.15) is 0 Å². The first-order valence-corrected chi connectivity index (χ1v) is 8.45. The van der Waals surface area contributed by atoms with Gasteiger partial charge in [-0.25, -0.2) is 0 Å². The molecule has 0 bridgehead atoms. The van der Waals surface area contributed by atoms with Gasteiger partial charge in [0.25, 0.3) is 0 Å². The highest BCUT2D eigenvalue weighted by Crippen LogP contribution is 2.27. The molecule has 132 valence electrons. The maximum Gasteiger partial charge on any atom is 0.309 e. The highest BCUT2D eigenvalue weighted by Gasteiger charge is 2.30. The molecule has 4 N–H and O–H groups in total. The standard InChI is InChI=1S/C18H26N2O4/c1-13(15(21)14-8-4-2-5-9-14)20-17(23)16(22)19-12-18(24)10-6-3-7-11-18/h2,4-5,8-9,13,15,21,24H,3,6-7,10-12H2,1H3,(H,19,22)(H,20,23). The van der Waals surface area contributed by atoms with Crippen LogP contribution in [0.5, 0.6) is 0 Å². The molecule has 1 aliphatic rings. The first-order chi connectivity index (χ1) is 11.4. The Morgan fingerprint density at radius 3 is 2.38 bits per heavy atom. The SMILES string of the molecule is CC(NC(=O)C(=O)NCC1(O)CCCCC1)C(O)c1ccccc1. The Morgan fingerprint density at radius 1 is 1.12 bits per heavy atom. The first-order valence-electron chi connectivity index (χ1n) is 8.45. The van der Waals surface area contributed by atoms with E-state index in [0.29, 0.717) is 18.4 Å². The van der Waals surface area contributed by atoms with Crippen LogP contribution in [0.3, 0.4) is 0 Å². The number of hydrogen-bond donors (Lipinski definition) is 4. The highest BCUT2D eigenvalue weighted by atomic mass is 16.3. The number of carbonyl (C=O) groups is 2. The van der Waals surface area contributed by atoms with E-state index in [0.717, 1.165) is 19.3 Å². The average Bonchev–Trinajstić information content (AvgIpc) is 2.60. The second-order valence-electron chi connectivity index (χ2n) is 6.59. The lowest BCUT2D eigenvalue weighted by Gasteiger charge is -2.32. The van der Waals surface area contributed by atoms with Crippen molar-refractivity contribution in [2.75, 3.05) is 6.54 Å². The Bertz CT molecular complexity index is 555. The van der Waals surface area contributed by atoms with Crippen LogP contribution in [0, 0.1) is 0 Å². The number of benzene rings is 1. The number of amides is 2. The fourth-order valence-electron chi connectivity index (χ4n) is 3.00. The number of aliphatic hydroxyl groups excluding tert-OH is 1. The number of nitrogens with one attached hydrogen (secondary N) is 2. The van der Waals surface area contributed by atoms with Gasteiger partial charge in [-0.3, -0.25) is 9.59 Å². The monoisotopic (exact) mass is 334 g/mol. The zero-order chi connectivity index (χ0) is 17.6. The van der Waals surface area contributed by atoms with E-state index in [9.17, 15) is 19.8 Å². The average molecular weight is 334 g/mol. The van der Waals surface area contributed by atoms with Crippen LogP contribution in [0.4, 0.5) is 0 Å². The molecule has 1 fully saturated rings. The van der Waals surface area contributed by atoms with Crippen LogP contribution in [0.1, 0.15) is 50.7 Å². The second-order valence-corrected chi connectivity index (χ2v) is 6.59. The summed E-state index contributed by atoms with van der Waals surface area (Å²) in [4.78, 5) is 23.9. The highest BCUT2D eigenvalue weighted by molar-refractivity contribution is 6.35. The summed E-state index contributed by atoms with van der Waals surface area (Å²) in [5.74, 6) is -1.60. The van der Waals surface area contributed by atoms with E-state index in [4.69, 9.17) is 0 Å². The van der Waals surface area contributed by atoms with Crippen molar-refractivity contribution < 1.29 is 19.8 Å². The minimum Gasteiger partial charge on any atom is -0.388 e. The lowest BCUT2D eigenvalue weighted by atomic mass is 9.85. The van der Waals surface area contributed by atoms with E-state index < -0.39 is 29.6 Å². The number of hydrogen-bond acceptors (Lipinski definition) is 4. The molecule has 2 atom stereocenters. The van der Waals surface area contributed by atoms with Crippen LogP contribution < -0.4 is 10.6 Å². The summed E-state index contributed by atoms with van der Waals surface area (Å²) < 4.78 is 0. The molecule has 0 aliphatic heterocycles. The Morgan fingerprint density at radius 2 is 1.75 bits per heavy atom. The normalized spacial score (nSPS) is 19.1. The summed E-state index contributed by atoms with van der Waals surface area (Å²) >= 11 is 0. The molecule has 0 spiro atoms. The van der Waals surface area contributed by atoms with E-state index in [1.807, 2.05) is 6.07 Å². The summed E-state index contributed by atoms with van der Waals surface area (Å²) in [7, 11) is 0.